The number of halogens is 3. The number of benzene rings is 1. The van der Waals surface area contributed by atoms with Gasteiger partial charge in [-0.1, -0.05) is 0 Å². The lowest BCUT2D eigenvalue weighted by Crippen LogP contribution is -2.50. The van der Waals surface area contributed by atoms with Crippen LogP contribution < -0.4 is 26.0 Å². The van der Waals surface area contributed by atoms with E-state index in [2.05, 4.69) is 37.4 Å². The average Bonchev–Trinajstić information content (AvgIpc) is 2.89. The predicted octanol–water partition coefficient (Wildman–Crippen LogP) is 0.838. The average molecular weight is 423 g/mol. The van der Waals surface area contributed by atoms with Crippen molar-refractivity contribution < 1.29 is 44.0 Å². The van der Waals surface area contributed by atoms with E-state index in [0.29, 0.717) is 13.2 Å². The molecule has 6 nitrogen and oxygen atoms in total. The number of hydrogen-bond acceptors (Lipinski definition) is 5. The van der Waals surface area contributed by atoms with Gasteiger partial charge in [0, 0.05) is 28.5 Å². The van der Waals surface area contributed by atoms with Gasteiger partial charge in [-0.05, 0) is 30.9 Å². The van der Waals surface area contributed by atoms with Gasteiger partial charge < -0.3 is 30.8 Å². The van der Waals surface area contributed by atoms with Crippen molar-refractivity contribution in [2.45, 2.75) is 32.9 Å². The SMILES string of the molecule is Cc1sc2cc(OCCC[NH3+])c(OCCC[NH3+])cc2c1C.O=C([O-])C(F)(F)F. The Bertz CT molecular complexity index is 778. The maximum Gasteiger partial charge on any atom is 0.430 e. The number of carboxylic acid groups (broad SMARTS) is 1. The van der Waals surface area contributed by atoms with Crippen molar-refractivity contribution in [2.75, 3.05) is 26.3 Å². The van der Waals surface area contributed by atoms with Gasteiger partial charge in [-0.15, -0.1) is 11.3 Å². The van der Waals surface area contributed by atoms with E-state index in [1.165, 1.54) is 20.5 Å². The monoisotopic (exact) mass is 423 g/mol. The lowest BCUT2D eigenvalue weighted by molar-refractivity contribution is -0.369. The summed E-state index contributed by atoms with van der Waals surface area (Å²) < 4.78 is 44.6. The fraction of sp³-hybridized carbons (Fsp3) is 0.500. The number of carboxylic acids is 1. The highest BCUT2D eigenvalue weighted by Gasteiger charge is 2.28. The number of ether oxygens (including phenoxy) is 2. The first-order chi connectivity index (χ1) is 13.1. The Hall–Kier alpha value is -2.04. The van der Waals surface area contributed by atoms with Crippen molar-refractivity contribution >= 4 is 27.4 Å². The largest absolute Gasteiger partial charge is 0.542 e. The van der Waals surface area contributed by atoms with Gasteiger partial charge in [0.15, 0.2) is 11.5 Å². The first kappa shape index (κ1) is 24.0. The third kappa shape index (κ3) is 7.17. The number of thiophene rings is 1. The van der Waals surface area contributed by atoms with E-state index >= 15 is 0 Å². The topological polar surface area (TPSA) is 114 Å². The number of quaternary nitrogens is 2. The van der Waals surface area contributed by atoms with Gasteiger partial charge in [-0.25, -0.2) is 0 Å². The highest BCUT2D eigenvalue weighted by atomic mass is 32.1. The highest BCUT2D eigenvalue weighted by Crippen LogP contribution is 2.39. The van der Waals surface area contributed by atoms with Crippen molar-refractivity contribution in [2.24, 2.45) is 0 Å². The van der Waals surface area contributed by atoms with Crippen LogP contribution in [0, 0.1) is 13.8 Å². The Morgan fingerprint density at radius 2 is 1.54 bits per heavy atom. The molecular weight excluding hydrogens is 397 g/mol. The molecular formula is C18H26F3N2O4S+. The van der Waals surface area contributed by atoms with Gasteiger partial charge in [-0.2, -0.15) is 13.2 Å². The number of fused-ring (bicyclic) bond motifs is 1. The summed E-state index contributed by atoms with van der Waals surface area (Å²) in [6.45, 7) is 7.46. The predicted molar refractivity (Wildman–Crippen MR) is 98.1 cm³/mol. The van der Waals surface area contributed by atoms with Crippen molar-refractivity contribution in [3.63, 3.8) is 0 Å². The molecule has 0 bridgehead atoms. The second-order valence-electron chi connectivity index (χ2n) is 5.97. The zero-order valence-corrected chi connectivity index (χ0v) is 16.8. The van der Waals surface area contributed by atoms with Gasteiger partial charge in [0.2, 0.25) is 0 Å². The third-order valence-electron chi connectivity index (χ3n) is 3.78. The molecule has 0 aliphatic carbocycles. The summed E-state index contributed by atoms with van der Waals surface area (Å²) in [6, 6.07) is 4.24. The molecule has 1 aromatic heterocycles. The molecule has 0 aliphatic heterocycles. The maximum absolute atomic E-state index is 10.5. The van der Waals surface area contributed by atoms with Crippen molar-refractivity contribution in [3.8, 4) is 11.5 Å². The van der Waals surface area contributed by atoms with Crippen LogP contribution in [0.3, 0.4) is 0 Å². The number of carbonyl (C=O) groups is 1. The standard InChI is InChI=1S/C16H24N2O2S.C2HF3O2/c1-11-12(2)21-16-10-15(20-8-4-6-18)14(9-13(11)16)19-7-3-5-17;3-2(4,5)1(6)7/h9-10H,3-8,17-18H2,1-2H3;(H,6,7)/p+1. The molecule has 0 unspecified atom stereocenters. The summed E-state index contributed by atoms with van der Waals surface area (Å²) in [7, 11) is 0. The van der Waals surface area contributed by atoms with Crippen LogP contribution in [0.2, 0.25) is 0 Å². The zero-order valence-electron chi connectivity index (χ0n) is 16.0. The summed E-state index contributed by atoms with van der Waals surface area (Å²) in [4.78, 5) is 10.1. The fourth-order valence-electron chi connectivity index (χ4n) is 2.14. The molecule has 0 aliphatic rings. The number of carbonyl (C=O) groups excluding carboxylic acids is 1. The van der Waals surface area contributed by atoms with Gasteiger partial charge in [0.1, 0.15) is 5.97 Å². The van der Waals surface area contributed by atoms with Gasteiger partial charge in [-0.3, -0.25) is 0 Å². The Morgan fingerprint density at radius 3 is 1.96 bits per heavy atom. The van der Waals surface area contributed by atoms with Crippen LogP contribution in [0.15, 0.2) is 12.1 Å². The smallest absolute Gasteiger partial charge is 0.430 e. The van der Waals surface area contributed by atoms with Crippen LogP contribution in [0.25, 0.3) is 10.1 Å². The minimum Gasteiger partial charge on any atom is -0.542 e. The normalized spacial score (nSPS) is 11.1. The number of alkyl halides is 3. The first-order valence-corrected chi connectivity index (χ1v) is 9.59. The van der Waals surface area contributed by atoms with Crippen LogP contribution in [-0.4, -0.2) is 38.4 Å². The third-order valence-corrected chi connectivity index (χ3v) is 4.95. The van der Waals surface area contributed by atoms with Crippen molar-refractivity contribution in [3.05, 3.63) is 22.6 Å². The summed E-state index contributed by atoms with van der Waals surface area (Å²) in [6.07, 6.45) is -3.28. The fourth-order valence-corrected chi connectivity index (χ4v) is 3.22. The quantitative estimate of drug-likeness (QED) is 0.613. The molecule has 1 heterocycles. The highest BCUT2D eigenvalue weighted by molar-refractivity contribution is 7.19. The molecule has 0 amide bonds. The number of aryl methyl sites for hydroxylation is 2. The van der Waals surface area contributed by atoms with Gasteiger partial charge in [0.05, 0.1) is 26.3 Å². The Labute approximate surface area is 165 Å². The van der Waals surface area contributed by atoms with E-state index in [1.54, 1.807) is 0 Å². The van der Waals surface area contributed by atoms with Crippen molar-refractivity contribution in [1.82, 2.24) is 0 Å². The number of rotatable bonds is 8. The van der Waals surface area contributed by atoms with E-state index in [1.807, 2.05) is 11.3 Å². The van der Waals surface area contributed by atoms with Crippen LogP contribution in [0.1, 0.15) is 23.3 Å². The molecule has 0 saturated heterocycles. The Kier molecular flexibility index (Phi) is 9.50. The van der Waals surface area contributed by atoms with Crippen LogP contribution in [0.5, 0.6) is 11.5 Å². The zero-order chi connectivity index (χ0) is 21.3. The van der Waals surface area contributed by atoms with Crippen LogP contribution >= 0.6 is 11.3 Å². The van der Waals surface area contributed by atoms with E-state index in [0.717, 1.165) is 37.4 Å². The van der Waals surface area contributed by atoms with E-state index in [4.69, 9.17) is 19.4 Å². The molecule has 10 heteroatoms. The Morgan fingerprint density at radius 1 is 1.07 bits per heavy atom. The molecule has 0 fully saturated rings. The van der Waals surface area contributed by atoms with Crippen molar-refractivity contribution in [1.29, 1.82) is 0 Å². The lowest BCUT2D eigenvalue weighted by atomic mass is 10.1. The molecule has 28 heavy (non-hydrogen) atoms. The van der Waals surface area contributed by atoms with Crippen LogP contribution in [-0.2, 0) is 4.79 Å². The van der Waals surface area contributed by atoms with E-state index < -0.39 is 12.1 Å². The number of aliphatic carboxylic acids is 1. The van der Waals surface area contributed by atoms with E-state index in [9.17, 15) is 13.2 Å². The molecule has 2 rings (SSSR count). The molecule has 1 aromatic carbocycles. The molecule has 0 radical (unpaired) electrons. The lowest BCUT2D eigenvalue weighted by Gasteiger charge is -2.12. The summed E-state index contributed by atoms with van der Waals surface area (Å²) in [5.74, 6) is -1.31. The maximum atomic E-state index is 10.5. The first-order valence-electron chi connectivity index (χ1n) is 8.77. The molecule has 158 valence electrons. The second kappa shape index (κ2) is 11.1. The summed E-state index contributed by atoms with van der Waals surface area (Å²) in [5, 5.41) is 10.1. The summed E-state index contributed by atoms with van der Waals surface area (Å²) in [5.41, 5.74) is 9.03. The molecule has 2 aromatic rings. The summed E-state index contributed by atoms with van der Waals surface area (Å²) >= 11 is 1.81. The Balaban J connectivity index is 0.000000480. The molecule has 0 saturated carbocycles. The van der Waals surface area contributed by atoms with E-state index in [-0.39, 0.29) is 0 Å². The molecule has 0 atom stereocenters. The second-order valence-corrected chi connectivity index (χ2v) is 7.23. The van der Waals surface area contributed by atoms with Gasteiger partial charge >= 0.3 is 6.18 Å². The van der Waals surface area contributed by atoms with Crippen LogP contribution in [0.4, 0.5) is 13.2 Å². The minimum atomic E-state index is -5.19. The van der Waals surface area contributed by atoms with Gasteiger partial charge in [0.25, 0.3) is 0 Å². The number of hydrogen-bond donors (Lipinski definition) is 2. The molecule has 6 N–H and O–H groups in total. The minimum absolute atomic E-state index is 0.683. The molecule has 0 spiro atoms.